The van der Waals surface area contributed by atoms with Gasteiger partial charge >= 0.3 is 6.18 Å². The lowest BCUT2D eigenvalue weighted by Gasteiger charge is -2.12. The van der Waals surface area contributed by atoms with Gasteiger partial charge in [0.1, 0.15) is 0 Å². The molecular weight excluding hydrogens is 519 g/mol. The first-order valence-electron chi connectivity index (χ1n) is 11.7. The molecule has 0 saturated carbocycles. The highest BCUT2D eigenvalue weighted by Gasteiger charge is 2.31. The van der Waals surface area contributed by atoms with Crippen molar-refractivity contribution in [3.63, 3.8) is 0 Å². The number of aromatic nitrogens is 2. The van der Waals surface area contributed by atoms with Crippen LogP contribution in [0, 0.1) is 0 Å². The number of hydrogen-bond donors (Lipinski definition) is 1. The van der Waals surface area contributed by atoms with Crippen LogP contribution in [0.2, 0.25) is 0 Å². The van der Waals surface area contributed by atoms with E-state index in [1.54, 1.807) is 0 Å². The van der Waals surface area contributed by atoms with Crippen LogP contribution in [-0.2, 0) is 22.7 Å². The summed E-state index contributed by atoms with van der Waals surface area (Å²) in [5.41, 5.74) is 2.82. The summed E-state index contributed by atoms with van der Waals surface area (Å²) >= 11 is 1.40. The second-order valence-corrected chi connectivity index (χ2v) is 11.1. The lowest BCUT2D eigenvalue weighted by Crippen LogP contribution is -2.26. The summed E-state index contributed by atoms with van der Waals surface area (Å²) in [6, 6.07) is 23.6. The molecule has 0 unspecified atom stereocenters. The first-order chi connectivity index (χ1) is 17.7. The topological polar surface area (TPSA) is 64.0 Å². The summed E-state index contributed by atoms with van der Waals surface area (Å²) < 4.78 is 68.8. The van der Waals surface area contributed by atoms with Crippen LogP contribution >= 0.6 is 11.8 Å². The van der Waals surface area contributed by atoms with Crippen LogP contribution in [0.4, 0.5) is 13.2 Å². The average molecular weight is 546 g/mol. The molecule has 3 aromatic carbocycles. The largest absolute Gasteiger partial charge is 0.416 e. The van der Waals surface area contributed by atoms with Crippen molar-refractivity contribution in [2.75, 3.05) is 12.3 Å². The van der Waals surface area contributed by atoms with Crippen molar-refractivity contribution >= 4 is 21.8 Å². The van der Waals surface area contributed by atoms with E-state index in [1.807, 2.05) is 60.7 Å². The van der Waals surface area contributed by atoms with Crippen molar-refractivity contribution < 1.29 is 21.6 Å². The van der Waals surface area contributed by atoms with Crippen molar-refractivity contribution in [3.8, 4) is 22.5 Å². The molecule has 10 heteroatoms. The average Bonchev–Trinajstić information content (AvgIpc) is 3.25. The highest BCUT2D eigenvalue weighted by molar-refractivity contribution is 7.99. The molecule has 4 rings (SSSR count). The van der Waals surface area contributed by atoms with Crippen LogP contribution < -0.4 is 4.72 Å². The Labute approximate surface area is 218 Å². The number of nitrogens with one attached hydrogen (secondary N) is 1. The minimum absolute atomic E-state index is 0.0313. The smallest absolute Gasteiger partial charge is 0.318 e. The maximum Gasteiger partial charge on any atom is 0.416 e. The number of benzene rings is 3. The summed E-state index contributed by atoms with van der Waals surface area (Å²) in [7, 11) is -4.10. The monoisotopic (exact) mass is 545 g/mol. The van der Waals surface area contributed by atoms with Crippen LogP contribution in [0.3, 0.4) is 0 Å². The highest BCUT2D eigenvalue weighted by Crippen LogP contribution is 2.36. The Balaban J connectivity index is 1.56. The molecule has 0 amide bonds. The van der Waals surface area contributed by atoms with Crippen molar-refractivity contribution in [3.05, 3.63) is 90.5 Å². The highest BCUT2D eigenvalue weighted by atomic mass is 32.2. The molecule has 0 aliphatic heterocycles. The predicted octanol–water partition coefficient (Wildman–Crippen LogP) is 6.72. The number of thioether (sulfide) groups is 1. The second-order valence-electron chi connectivity index (χ2n) is 8.25. The third-order valence-electron chi connectivity index (χ3n) is 5.57. The predicted molar refractivity (Wildman–Crippen MR) is 141 cm³/mol. The number of alkyl halides is 3. The Morgan fingerprint density at radius 1 is 0.919 bits per heavy atom. The Morgan fingerprint density at radius 3 is 2.19 bits per heavy atom. The number of sulfonamides is 1. The third kappa shape index (κ3) is 6.44. The van der Waals surface area contributed by atoms with Crippen LogP contribution in [-0.4, -0.2) is 30.3 Å². The van der Waals surface area contributed by atoms with E-state index in [0.29, 0.717) is 11.8 Å². The SMILES string of the molecule is CCCn1c(SCCNS(=O)(=O)c2cccc(C(F)(F)F)c2)nc(-c2ccccc2)c1-c1ccccc1. The molecule has 0 atom stereocenters. The molecule has 0 fully saturated rings. The van der Waals surface area contributed by atoms with E-state index in [0.717, 1.165) is 58.8 Å². The van der Waals surface area contributed by atoms with Crippen molar-refractivity contribution in [1.29, 1.82) is 0 Å². The Bertz CT molecular complexity index is 1440. The lowest BCUT2D eigenvalue weighted by atomic mass is 10.0. The zero-order valence-corrected chi connectivity index (χ0v) is 21.7. The van der Waals surface area contributed by atoms with Gasteiger partial charge in [-0.25, -0.2) is 18.1 Å². The fraction of sp³-hybridized carbons (Fsp3) is 0.222. The van der Waals surface area contributed by atoms with Gasteiger partial charge in [-0.05, 0) is 24.6 Å². The molecule has 1 aromatic heterocycles. The van der Waals surface area contributed by atoms with Crippen LogP contribution in [0.5, 0.6) is 0 Å². The van der Waals surface area contributed by atoms with Gasteiger partial charge in [0.25, 0.3) is 0 Å². The van der Waals surface area contributed by atoms with E-state index in [1.165, 1.54) is 11.8 Å². The number of hydrogen-bond acceptors (Lipinski definition) is 4. The maximum absolute atomic E-state index is 13.0. The molecule has 0 aliphatic carbocycles. The molecule has 0 aliphatic rings. The van der Waals surface area contributed by atoms with Gasteiger partial charge in [-0.3, -0.25) is 0 Å². The van der Waals surface area contributed by atoms with Gasteiger partial charge in [0.15, 0.2) is 5.16 Å². The van der Waals surface area contributed by atoms with Crippen LogP contribution in [0.1, 0.15) is 18.9 Å². The number of imidazole rings is 1. The molecule has 0 radical (unpaired) electrons. The van der Waals surface area contributed by atoms with Crippen molar-refractivity contribution in [1.82, 2.24) is 14.3 Å². The number of nitrogens with zero attached hydrogens (tertiary/aromatic N) is 2. The minimum atomic E-state index is -4.62. The second kappa shape index (κ2) is 11.5. The molecule has 0 saturated heterocycles. The zero-order valence-electron chi connectivity index (χ0n) is 20.1. The maximum atomic E-state index is 13.0. The number of rotatable bonds is 10. The van der Waals surface area contributed by atoms with Gasteiger partial charge in [-0.15, -0.1) is 0 Å². The molecule has 0 bridgehead atoms. The van der Waals surface area contributed by atoms with Crippen LogP contribution in [0.15, 0.2) is 95.0 Å². The Kier molecular flexibility index (Phi) is 8.41. The van der Waals surface area contributed by atoms with E-state index in [-0.39, 0.29) is 6.54 Å². The molecule has 4 aromatic rings. The quantitative estimate of drug-likeness (QED) is 0.178. The normalized spacial score (nSPS) is 12.1. The van der Waals surface area contributed by atoms with Gasteiger partial charge in [0.05, 0.1) is 21.8 Å². The van der Waals surface area contributed by atoms with Gasteiger partial charge < -0.3 is 4.57 Å². The van der Waals surface area contributed by atoms with Crippen molar-refractivity contribution in [2.45, 2.75) is 36.1 Å². The van der Waals surface area contributed by atoms with Crippen molar-refractivity contribution in [2.24, 2.45) is 0 Å². The zero-order chi connectivity index (χ0) is 26.5. The summed E-state index contributed by atoms with van der Waals surface area (Å²) in [6.45, 7) is 2.83. The first kappa shape index (κ1) is 27.0. The van der Waals surface area contributed by atoms with E-state index < -0.39 is 26.7 Å². The minimum Gasteiger partial charge on any atom is -0.318 e. The summed E-state index contributed by atoms with van der Waals surface area (Å²) in [5, 5.41) is 0.748. The van der Waals surface area contributed by atoms with E-state index in [9.17, 15) is 21.6 Å². The van der Waals surface area contributed by atoms with E-state index in [2.05, 4.69) is 16.2 Å². The Hall–Kier alpha value is -3.08. The summed E-state index contributed by atoms with van der Waals surface area (Å²) in [5.74, 6) is 0.349. The van der Waals surface area contributed by atoms with Gasteiger partial charge in [-0.1, -0.05) is 85.4 Å². The standard InChI is InChI=1S/C27H26F3N3O2S2/c1-2-17-33-25(21-12-7-4-8-13-21)24(20-10-5-3-6-11-20)32-26(33)36-18-16-31-37(34,35)23-15-9-14-22(19-23)27(28,29)30/h3-15,19,31H,2,16-18H2,1H3. The van der Waals surface area contributed by atoms with Gasteiger partial charge in [0.2, 0.25) is 10.0 Å². The van der Waals surface area contributed by atoms with Gasteiger partial charge in [0, 0.05) is 30.0 Å². The van der Waals surface area contributed by atoms with Crippen LogP contribution in [0.25, 0.3) is 22.5 Å². The molecule has 1 heterocycles. The number of halogens is 3. The summed E-state index contributed by atoms with van der Waals surface area (Å²) in [4.78, 5) is 4.51. The fourth-order valence-corrected chi connectivity index (χ4v) is 5.99. The molecule has 5 nitrogen and oxygen atoms in total. The van der Waals surface area contributed by atoms with E-state index in [4.69, 9.17) is 4.98 Å². The lowest BCUT2D eigenvalue weighted by molar-refractivity contribution is -0.137. The third-order valence-corrected chi connectivity index (χ3v) is 8.01. The molecule has 37 heavy (non-hydrogen) atoms. The molecule has 194 valence electrons. The first-order valence-corrected chi connectivity index (χ1v) is 14.2. The fourth-order valence-electron chi connectivity index (χ4n) is 3.90. The molecular formula is C27H26F3N3O2S2. The van der Waals surface area contributed by atoms with E-state index >= 15 is 0 Å². The Morgan fingerprint density at radius 2 is 1.57 bits per heavy atom. The molecule has 1 N–H and O–H groups in total. The summed E-state index contributed by atoms with van der Waals surface area (Å²) in [6.07, 6.45) is -3.75. The van der Waals surface area contributed by atoms with Gasteiger partial charge in [-0.2, -0.15) is 13.2 Å². The molecule has 0 spiro atoms.